The number of rotatable bonds is 2. The molecule has 0 spiro atoms. The third-order valence-electron chi connectivity index (χ3n) is 2.26. The van der Waals surface area contributed by atoms with Crippen LogP contribution in [0, 0.1) is 0 Å². The number of fused-ring (bicyclic) bond motifs is 1. The van der Waals surface area contributed by atoms with E-state index >= 15 is 0 Å². The van der Waals surface area contributed by atoms with Gasteiger partial charge in [-0.3, -0.25) is 9.59 Å². The quantitative estimate of drug-likeness (QED) is 0.760. The van der Waals surface area contributed by atoms with Crippen LogP contribution in [-0.4, -0.2) is 29.9 Å². The van der Waals surface area contributed by atoms with Gasteiger partial charge in [-0.2, -0.15) is 0 Å². The van der Waals surface area contributed by atoms with Gasteiger partial charge in [0.2, 0.25) is 0 Å². The van der Waals surface area contributed by atoms with Crippen LogP contribution < -0.4 is 4.90 Å². The van der Waals surface area contributed by atoms with Crippen LogP contribution in [-0.2, 0) is 4.79 Å². The highest BCUT2D eigenvalue weighted by Gasteiger charge is 2.35. The molecule has 0 saturated heterocycles. The molecule has 0 saturated carbocycles. The molecule has 0 bridgehead atoms. The van der Waals surface area contributed by atoms with E-state index in [0.29, 0.717) is 16.3 Å². The lowest BCUT2D eigenvalue weighted by atomic mass is 10.1. The summed E-state index contributed by atoms with van der Waals surface area (Å²) < 4.78 is 0. The number of ketones is 1. The summed E-state index contributed by atoms with van der Waals surface area (Å²) in [6.07, 6.45) is 0. The molecule has 1 aromatic carbocycles. The highest BCUT2D eigenvalue weighted by Crippen LogP contribution is 2.30. The van der Waals surface area contributed by atoms with Gasteiger partial charge in [-0.15, -0.1) is 0 Å². The topological polar surface area (TPSA) is 57.6 Å². The zero-order chi connectivity index (χ0) is 11.0. The first-order valence-electron chi connectivity index (χ1n) is 4.41. The van der Waals surface area contributed by atoms with Gasteiger partial charge >= 0.3 is 0 Å². The summed E-state index contributed by atoms with van der Waals surface area (Å²) in [5, 5.41) is 9.20. The molecule has 0 radical (unpaired) electrons. The van der Waals surface area contributed by atoms with Crippen LogP contribution >= 0.6 is 11.6 Å². The van der Waals surface area contributed by atoms with Crippen molar-refractivity contribution in [2.75, 3.05) is 18.1 Å². The number of hydrogen-bond donors (Lipinski definition) is 1. The van der Waals surface area contributed by atoms with Crippen LogP contribution in [0.2, 0.25) is 5.02 Å². The standard InChI is InChI=1S/C10H8ClNO3/c11-6-1-2-8-7(5-6)9(14)10(15)12(8)3-4-13/h1-2,5,13H,3-4H2. The number of Topliss-reactive ketones (excluding diaryl/α,β-unsaturated/α-hetero) is 1. The van der Waals surface area contributed by atoms with Crippen molar-refractivity contribution in [3.05, 3.63) is 28.8 Å². The third-order valence-corrected chi connectivity index (χ3v) is 2.49. The molecule has 0 fully saturated rings. The summed E-state index contributed by atoms with van der Waals surface area (Å²) >= 11 is 5.73. The van der Waals surface area contributed by atoms with Crippen LogP contribution in [0.3, 0.4) is 0 Å². The first-order chi connectivity index (χ1) is 7.15. The fourth-order valence-corrected chi connectivity index (χ4v) is 1.77. The maximum atomic E-state index is 11.5. The van der Waals surface area contributed by atoms with E-state index in [0.717, 1.165) is 0 Å². The number of halogens is 1. The molecular formula is C10H8ClNO3. The highest BCUT2D eigenvalue weighted by molar-refractivity contribution is 6.52. The van der Waals surface area contributed by atoms with Crippen molar-refractivity contribution >= 4 is 29.0 Å². The molecule has 1 aliphatic heterocycles. The number of benzene rings is 1. The second kappa shape index (κ2) is 3.64. The van der Waals surface area contributed by atoms with Crippen LogP contribution in [0.5, 0.6) is 0 Å². The lowest BCUT2D eigenvalue weighted by molar-refractivity contribution is -0.114. The van der Waals surface area contributed by atoms with Crippen molar-refractivity contribution < 1.29 is 14.7 Å². The molecule has 2 rings (SSSR count). The monoisotopic (exact) mass is 225 g/mol. The smallest absolute Gasteiger partial charge is 0.299 e. The number of carbonyl (C=O) groups is 2. The Hall–Kier alpha value is -1.39. The molecule has 15 heavy (non-hydrogen) atoms. The van der Waals surface area contributed by atoms with Gasteiger partial charge in [0, 0.05) is 11.6 Å². The Labute approximate surface area is 91.1 Å². The molecule has 1 heterocycles. The van der Waals surface area contributed by atoms with Crippen LogP contribution in [0.25, 0.3) is 0 Å². The van der Waals surface area contributed by atoms with Gasteiger partial charge < -0.3 is 10.0 Å². The maximum Gasteiger partial charge on any atom is 0.299 e. The summed E-state index contributed by atoms with van der Waals surface area (Å²) in [5.74, 6) is -1.18. The summed E-state index contributed by atoms with van der Waals surface area (Å²) in [4.78, 5) is 24.2. The molecule has 1 N–H and O–H groups in total. The molecule has 5 heteroatoms. The zero-order valence-corrected chi connectivity index (χ0v) is 8.49. The Morgan fingerprint density at radius 1 is 1.33 bits per heavy atom. The molecule has 4 nitrogen and oxygen atoms in total. The minimum atomic E-state index is -0.610. The lowest BCUT2D eigenvalue weighted by Crippen LogP contribution is -2.32. The molecule has 78 valence electrons. The minimum absolute atomic E-state index is 0.124. The van der Waals surface area contributed by atoms with Gasteiger partial charge in [-0.05, 0) is 18.2 Å². The Kier molecular flexibility index (Phi) is 2.46. The molecule has 1 aliphatic rings. The molecular weight excluding hydrogens is 218 g/mol. The van der Waals surface area contributed by atoms with Crippen molar-refractivity contribution in [2.45, 2.75) is 0 Å². The lowest BCUT2D eigenvalue weighted by Gasteiger charge is -2.14. The van der Waals surface area contributed by atoms with Gasteiger partial charge in [0.05, 0.1) is 17.9 Å². The number of nitrogens with zero attached hydrogens (tertiary/aromatic N) is 1. The Morgan fingerprint density at radius 2 is 2.07 bits per heavy atom. The predicted molar refractivity (Wildman–Crippen MR) is 55.2 cm³/mol. The summed E-state index contributed by atoms with van der Waals surface area (Å²) in [6, 6.07) is 4.68. The van der Waals surface area contributed by atoms with E-state index in [1.807, 2.05) is 0 Å². The number of hydrogen-bond acceptors (Lipinski definition) is 3. The molecule has 0 atom stereocenters. The van der Waals surface area contributed by atoms with E-state index in [-0.39, 0.29) is 13.2 Å². The van der Waals surface area contributed by atoms with Crippen molar-refractivity contribution in [1.29, 1.82) is 0 Å². The van der Waals surface area contributed by atoms with E-state index in [1.54, 1.807) is 12.1 Å². The van der Waals surface area contributed by atoms with Gasteiger partial charge in [-0.25, -0.2) is 0 Å². The Balaban J connectivity index is 2.50. The molecule has 1 aromatic rings. The van der Waals surface area contributed by atoms with Gasteiger partial charge in [-0.1, -0.05) is 11.6 Å². The molecule has 1 amide bonds. The van der Waals surface area contributed by atoms with Crippen LogP contribution in [0.15, 0.2) is 18.2 Å². The van der Waals surface area contributed by atoms with E-state index in [1.165, 1.54) is 11.0 Å². The van der Waals surface area contributed by atoms with Crippen molar-refractivity contribution in [3.8, 4) is 0 Å². The molecule has 0 aromatic heterocycles. The fourth-order valence-electron chi connectivity index (χ4n) is 1.59. The second-order valence-corrected chi connectivity index (χ2v) is 3.61. The van der Waals surface area contributed by atoms with Crippen LogP contribution in [0.4, 0.5) is 5.69 Å². The summed E-state index contributed by atoms with van der Waals surface area (Å²) in [5.41, 5.74) is 0.824. The summed E-state index contributed by atoms with van der Waals surface area (Å²) in [6.45, 7) is -0.0553. The first-order valence-corrected chi connectivity index (χ1v) is 4.79. The van der Waals surface area contributed by atoms with Gasteiger partial charge in [0.1, 0.15) is 0 Å². The number of β-amino-alcohol motifs (C(OH)–C–C–N with tert-alkyl or cyclic N) is 1. The molecule has 0 unspecified atom stereocenters. The number of carbonyl (C=O) groups excluding carboxylic acids is 2. The Morgan fingerprint density at radius 3 is 2.73 bits per heavy atom. The number of amides is 1. The van der Waals surface area contributed by atoms with Crippen molar-refractivity contribution in [1.82, 2.24) is 0 Å². The average molecular weight is 226 g/mol. The normalized spacial score (nSPS) is 14.7. The second-order valence-electron chi connectivity index (χ2n) is 3.17. The number of anilines is 1. The van der Waals surface area contributed by atoms with Crippen molar-refractivity contribution in [2.24, 2.45) is 0 Å². The van der Waals surface area contributed by atoms with Crippen molar-refractivity contribution in [3.63, 3.8) is 0 Å². The third kappa shape index (κ3) is 1.52. The highest BCUT2D eigenvalue weighted by atomic mass is 35.5. The van der Waals surface area contributed by atoms with Gasteiger partial charge in [0.25, 0.3) is 11.7 Å². The van der Waals surface area contributed by atoms with E-state index < -0.39 is 11.7 Å². The van der Waals surface area contributed by atoms with E-state index in [2.05, 4.69) is 0 Å². The zero-order valence-electron chi connectivity index (χ0n) is 7.74. The molecule has 0 aliphatic carbocycles. The average Bonchev–Trinajstić information content (AvgIpc) is 2.44. The fraction of sp³-hybridized carbons (Fsp3) is 0.200. The maximum absolute atomic E-state index is 11.5. The minimum Gasteiger partial charge on any atom is -0.395 e. The first kappa shape index (κ1) is 10.1. The number of aliphatic hydroxyl groups excluding tert-OH is 1. The van der Waals surface area contributed by atoms with Gasteiger partial charge in [0.15, 0.2) is 0 Å². The Bertz CT molecular complexity index is 444. The number of aliphatic hydroxyl groups is 1. The summed E-state index contributed by atoms with van der Waals surface area (Å²) in [7, 11) is 0. The SMILES string of the molecule is O=C1C(=O)N(CCO)c2ccc(Cl)cc21. The predicted octanol–water partition coefficient (Wildman–Crippen LogP) is 0.862. The van der Waals surface area contributed by atoms with E-state index in [9.17, 15) is 9.59 Å². The van der Waals surface area contributed by atoms with E-state index in [4.69, 9.17) is 16.7 Å². The van der Waals surface area contributed by atoms with Crippen LogP contribution in [0.1, 0.15) is 10.4 Å². The largest absolute Gasteiger partial charge is 0.395 e.